The number of allylic oxidation sites excluding steroid dienone is 5. The van der Waals surface area contributed by atoms with Crippen LogP contribution in [0.4, 0.5) is 0 Å². The average Bonchev–Trinajstić information content (AvgIpc) is 3.11. The first-order chi connectivity index (χ1) is 13.6. The molecule has 5 nitrogen and oxygen atoms in total. The van der Waals surface area contributed by atoms with Crippen molar-refractivity contribution < 1.29 is 24.5 Å². The first-order valence-electron chi connectivity index (χ1n) is 10.8. The molecular formula is C24H34O5. The van der Waals surface area contributed by atoms with Crippen LogP contribution in [0.15, 0.2) is 34.6 Å². The lowest BCUT2D eigenvalue weighted by Gasteiger charge is -2.35. The lowest BCUT2D eigenvalue weighted by molar-refractivity contribution is -0.142. The molecule has 0 aromatic carbocycles. The van der Waals surface area contributed by atoms with Gasteiger partial charge in [0.15, 0.2) is 5.78 Å². The molecular weight excluding hydrogens is 368 g/mol. The SMILES string of the molecule is CC1=C2OC(=O)[C@H]([C@H](C)O)[C@H]2/C=C(\C)CC[C@H]2C(C(C)C)=CC(=O)[C@]2(CO)CC1. The highest BCUT2D eigenvalue weighted by Gasteiger charge is 2.50. The number of hydrogen-bond acceptors (Lipinski definition) is 5. The summed E-state index contributed by atoms with van der Waals surface area (Å²) in [4.78, 5) is 25.5. The van der Waals surface area contributed by atoms with Gasteiger partial charge in [-0.15, -0.1) is 0 Å². The second kappa shape index (κ2) is 8.19. The van der Waals surface area contributed by atoms with Gasteiger partial charge in [-0.2, -0.15) is 0 Å². The number of aliphatic hydroxyl groups excluding tert-OH is 2. The Balaban J connectivity index is 2.05. The van der Waals surface area contributed by atoms with E-state index in [-0.39, 0.29) is 30.1 Å². The van der Waals surface area contributed by atoms with Crippen molar-refractivity contribution in [1.29, 1.82) is 0 Å². The molecule has 1 heterocycles. The molecule has 0 unspecified atom stereocenters. The normalized spacial score (nSPS) is 36.1. The minimum absolute atomic E-state index is 0.0224. The Labute approximate surface area is 173 Å². The number of hydrogen-bond donors (Lipinski definition) is 2. The van der Waals surface area contributed by atoms with Crippen LogP contribution in [0.25, 0.3) is 0 Å². The number of fused-ring (bicyclic) bond motifs is 2. The second-order valence-corrected chi connectivity index (χ2v) is 9.44. The molecule has 1 aliphatic heterocycles. The molecule has 2 N–H and O–H groups in total. The van der Waals surface area contributed by atoms with Crippen molar-refractivity contribution in [2.75, 3.05) is 6.61 Å². The van der Waals surface area contributed by atoms with Crippen molar-refractivity contribution >= 4 is 11.8 Å². The Morgan fingerprint density at radius 3 is 2.48 bits per heavy atom. The Bertz CT molecular complexity index is 785. The number of rotatable bonds is 3. The average molecular weight is 403 g/mol. The summed E-state index contributed by atoms with van der Waals surface area (Å²) in [5.41, 5.74) is 2.36. The van der Waals surface area contributed by atoms with Crippen LogP contribution in [0.2, 0.25) is 0 Å². The molecule has 29 heavy (non-hydrogen) atoms. The highest BCUT2D eigenvalue weighted by molar-refractivity contribution is 5.99. The predicted octanol–water partition coefficient (Wildman–Crippen LogP) is 3.71. The van der Waals surface area contributed by atoms with E-state index in [9.17, 15) is 19.8 Å². The molecule has 0 amide bonds. The van der Waals surface area contributed by atoms with E-state index < -0.39 is 23.4 Å². The maximum atomic E-state index is 13.0. The summed E-state index contributed by atoms with van der Waals surface area (Å²) < 4.78 is 5.61. The number of esters is 1. The molecule has 5 heteroatoms. The molecule has 0 aromatic rings. The molecule has 1 fully saturated rings. The minimum atomic E-state index is -0.799. The molecule has 5 atom stereocenters. The van der Waals surface area contributed by atoms with E-state index in [1.54, 1.807) is 13.0 Å². The number of carbonyl (C=O) groups excluding carboxylic acids is 2. The van der Waals surface area contributed by atoms with Crippen LogP contribution in [0.5, 0.6) is 0 Å². The van der Waals surface area contributed by atoms with Crippen molar-refractivity contribution in [3.05, 3.63) is 34.6 Å². The van der Waals surface area contributed by atoms with Gasteiger partial charge in [-0.05, 0) is 69.9 Å². The summed E-state index contributed by atoms with van der Waals surface area (Å²) in [6.07, 6.45) is 5.68. The quantitative estimate of drug-likeness (QED) is 0.555. The maximum absolute atomic E-state index is 13.0. The lowest BCUT2D eigenvalue weighted by atomic mass is 9.68. The van der Waals surface area contributed by atoms with Crippen LogP contribution >= 0.6 is 0 Å². The van der Waals surface area contributed by atoms with Crippen LogP contribution in [-0.2, 0) is 14.3 Å². The van der Waals surface area contributed by atoms with Gasteiger partial charge in [-0.25, -0.2) is 0 Å². The van der Waals surface area contributed by atoms with E-state index in [0.29, 0.717) is 18.6 Å². The third-order valence-corrected chi connectivity index (χ3v) is 7.16. The minimum Gasteiger partial charge on any atom is -0.430 e. The van der Waals surface area contributed by atoms with Crippen LogP contribution in [-0.4, -0.2) is 34.7 Å². The number of aliphatic hydroxyl groups is 2. The molecule has 160 valence electrons. The number of carbonyl (C=O) groups is 2. The lowest BCUT2D eigenvalue weighted by Crippen LogP contribution is -2.38. The fraction of sp³-hybridized carbons (Fsp3) is 0.667. The van der Waals surface area contributed by atoms with Crippen molar-refractivity contribution in [3.8, 4) is 0 Å². The van der Waals surface area contributed by atoms with Crippen LogP contribution in [0, 0.1) is 29.1 Å². The molecule has 0 saturated carbocycles. The standard InChI is InChI=1S/C24H34O5/c1-13(2)17-11-20(27)24(12-25)9-8-15(4)22-18(10-14(3)6-7-19(17)24)21(16(5)26)23(28)29-22/h10-11,13,16,18-19,21,25-26H,6-9,12H2,1-5H3/b14-10+,22-15?/t16-,18+,19-,21+,24-/m0/s1. The van der Waals surface area contributed by atoms with Crippen LogP contribution < -0.4 is 0 Å². The van der Waals surface area contributed by atoms with E-state index >= 15 is 0 Å². The summed E-state index contributed by atoms with van der Waals surface area (Å²) in [5.74, 6) is -0.365. The highest BCUT2D eigenvalue weighted by atomic mass is 16.5. The molecule has 2 aliphatic carbocycles. The van der Waals surface area contributed by atoms with E-state index in [2.05, 4.69) is 19.9 Å². The van der Waals surface area contributed by atoms with Gasteiger partial charge in [-0.3, -0.25) is 9.59 Å². The summed E-state index contributed by atoms with van der Waals surface area (Å²) in [6.45, 7) is 9.62. The van der Waals surface area contributed by atoms with E-state index in [1.165, 1.54) is 0 Å². The summed E-state index contributed by atoms with van der Waals surface area (Å²) in [6, 6.07) is 0. The molecule has 0 radical (unpaired) electrons. The molecule has 1 saturated heterocycles. The number of ketones is 1. The summed E-state index contributed by atoms with van der Waals surface area (Å²) >= 11 is 0. The van der Waals surface area contributed by atoms with E-state index in [4.69, 9.17) is 4.74 Å². The van der Waals surface area contributed by atoms with Gasteiger partial charge in [0, 0.05) is 0 Å². The third kappa shape index (κ3) is 3.75. The Kier molecular flexibility index (Phi) is 6.21. The zero-order valence-electron chi connectivity index (χ0n) is 18.2. The highest BCUT2D eigenvalue weighted by Crippen LogP contribution is 2.50. The van der Waals surface area contributed by atoms with Crippen molar-refractivity contribution in [2.45, 2.75) is 66.4 Å². The van der Waals surface area contributed by atoms with E-state index in [1.807, 2.05) is 13.8 Å². The summed E-state index contributed by atoms with van der Waals surface area (Å²) in [5, 5.41) is 20.5. The molecule has 0 bridgehead atoms. The van der Waals surface area contributed by atoms with Gasteiger partial charge >= 0.3 is 5.97 Å². The summed E-state index contributed by atoms with van der Waals surface area (Å²) in [7, 11) is 0. The van der Waals surface area contributed by atoms with Crippen molar-refractivity contribution in [1.82, 2.24) is 0 Å². The zero-order valence-corrected chi connectivity index (χ0v) is 18.2. The smallest absolute Gasteiger partial charge is 0.317 e. The Morgan fingerprint density at radius 1 is 1.21 bits per heavy atom. The topological polar surface area (TPSA) is 83.8 Å². The van der Waals surface area contributed by atoms with Crippen molar-refractivity contribution in [3.63, 3.8) is 0 Å². The Morgan fingerprint density at radius 2 is 1.90 bits per heavy atom. The molecule has 3 aliphatic rings. The van der Waals surface area contributed by atoms with Gasteiger partial charge in [0.25, 0.3) is 0 Å². The molecule has 3 rings (SSSR count). The first kappa shape index (κ1) is 22.0. The van der Waals surface area contributed by atoms with Gasteiger partial charge in [0.1, 0.15) is 5.76 Å². The maximum Gasteiger partial charge on any atom is 0.317 e. The largest absolute Gasteiger partial charge is 0.430 e. The van der Waals surface area contributed by atoms with Crippen molar-refractivity contribution in [2.24, 2.45) is 29.1 Å². The Hall–Kier alpha value is -1.72. The van der Waals surface area contributed by atoms with Gasteiger partial charge < -0.3 is 14.9 Å². The van der Waals surface area contributed by atoms with Crippen LogP contribution in [0.1, 0.15) is 60.3 Å². The van der Waals surface area contributed by atoms with E-state index in [0.717, 1.165) is 29.6 Å². The molecule has 0 aromatic heterocycles. The first-order valence-corrected chi connectivity index (χ1v) is 10.8. The van der Waals surface area contributed by atoms with Gasteiger partial charge in [-0.1, -0.05) is 31.1 Å². The van der Waals surface area contributed by atoms with Gasteiger partial charge in [0.2, 0.25) is 0 Å². The zero-order chi connectivity index (χ0) is 21.5. The fourth-order valence-corrected chi connectivity index (χ4v) is 5.36. The predicted molar refractivity (Wildman–Crippen MR) is 111 cm³/mol. The number of ether oxygens (including phenoxy) is 1. The molecule has 0 spiro atoms. The second-order valence-electron chi connectivity index (χ2n) is 9.44. The van der Waals surface area contributed by atoms with Crippen LogP contribution in [0.3, 0.4) is 0 Å². The third-order valence-electron chi connectivity index (χ3n) is 7.16. The monoisotopic (exact) mass is 402 g/mol. The van der Waals surface area contributed by atoms with Gasteiger partial charge in [0.05, 0.1) is 30.0 Å². The fourth-order valence-electron chi connectivity index (χ4n) is 5.36.